The van der Waals surface area contributed by atoms with Crippen molar-refractivity contribution in [1.82, 2.24) is 5.32 Å². The second kappa shape index (κ2) is 32.0. The van der Waals surface area contributed by atoms with Crippen molar-refractivity contribution in [3.05, 3.63) is 12.2 Å². The molecule has 0 aromatic heterocycles. The number of hydrogen-bond acceptors (Lipinski definition) is 4. The molecule has 0 aromatic rings. The SMILES string of the molecule is CCCCCCCCC/C=C\CCCCCCCC(=O)NC(CO)C(O)C(O)CCCCCCCCCCCCC. The van der Waals surface area contributed by atoms with Crippen molar-refractivity contribution in [3.8, 4) is 0 Å². The summed E-state index contributed by atoms with van der Waals surface area (Å²) in [6.07, 6.45) is 34.4. The van der Waals surface area contributed by atoms with Gasteiger partial charge in [-0.15, -0.1) is 0 Å². The molecule has 1 amide bonds. The molecular formula is C36H71NO4. The van der Waals surface area contributed by atoms with E-state index in [4.69, 9.17) is 0 Å². The minimum absolute atomic E-state index is 0.154. The third-order valence-corrected chi connectivity index (χ3v) is 8.37. The summed E-state index contributed by atoms with van der Waals surface area (Å²) in [5.41, 5.74) is 0. The highest BCUT2D eigenvalue weighted by Crippen LogP contribution is 2.15. The average molecular weight is 582 g/mol. The van der Waals surface area contributed by atoms with Crippen LogP contribution in [0, 0.1) is 0 Å². The summed E-state index contributed by atoms with van der Waals surface area (Å²) in [5, 5.41) is 33.3. The quantitative estimate of drug-likeness (QED) is 0.0471. The molecule has 0 fully saturated rings. The fourth-order valence-corrected chi connectivity index (χ4v) is 5.51. The van der Waals surface area contributed by atoms with Gasteiger partial charge in [0.05, 0.1) is 18.8 Å². The molecule has 4 N–H and O–H groups in total. The number of amides is 1. The van der Waals surface area contributed by atoms with Gasteiger partial charge in [-0.3, -0.25) is 4.79 Å². The average Bonchev–Trinajstić information content (AvgIpc) is 2.97. The van der Waals surface area contributed by atoms with Crippen LogP contribution in [0.25, 0.3) is 0 Å². The van der Waals surface area contributed by atoms with E-state index in [0.29, 0.717) is 12.8 Å². The Bertz CT molecular complexity index is 568. The molecule has 0 aliphatic rings. The number of unbranched alkanes of at least 4 members (excludes halogenated alkanes) is 22. The van der Waals surface area contributed by atoms with E-state index < -0.39 is 18.2 Å². The van der Waals surface area contributed by atoms with Crippen molar-refractivity contribution in [1.29, 1.82) is 0 Å². The Morgan fingerprint density at radius 1 is 0.585 bits per heavy atom. The van der Waals surface area contributed by atoms with Crippen molar-refractivity contribution in [2.45, 2.75) is 205 Å². The molecule has 244 valence electrons. The van der Waals surface area contributed by atoms with Gasteiger partial charge in [-0.25, -0.2) is 0 Å². The van der Waals surface area contributed by atoms with E-state index in [0.717, 1.165) is 44.9 Å². The Labute approximate surface area is 255 Å². The van der Waals surface area contributed by atoms with Crippen LogP contribution in [-0.4, -0.2) is 46.1 Å². The molecule has 0 aliphatic carbocycles. The first-order chi connectivity index (χ1) is 20.1. The molecule has 41 heavy (non-hydrogen) atoms. The second-order valence-electron chi connectivity index (χ2n) is 12.4. The lowest BCUT2D eigenvalue weighted by atomic mass is 9.99. The fraction of sp³-hybridized carbons (Fsp3) is 0.917. The van der Waals surface area contributed by atoms with Gasteiger partial charge in [-0.1, -0.05) is 154 Å². The van der Waals surface area contributed by atoms with Crippen LogP contribution in [0.2, 0.25) is 0 Å². The van der Waals surface area contributed by atoms with E-state index in [-0.39, 0.29) is 12.5 Å². The van der Waals surface area contributed by atoms with Crippen molar-refractivity contribution in [2.24, 2.45) is 0 Å². The van der Waals surface area contributed by atoms with Crippen molar-refractivity contribution >= 4 is 5.91 Å². The van der Waals surface area contributed by atoms with Crippen LogP contribution in [0.4, 0.5) is 0 Å². The molecular weight excluding hydrogens is 510 g/mol. The molecule has 3 unspecified atom stereocenters. The summed E-state index contributed by atoms with van der Waals surface area (Å²) in [6.45, 7) is 4.14. The number of aliphatic hydroxyl groups excluding tert-OH is 3. The van der Waals surface area contributed by atoms with Gasteiger partial charge in [0.15, 0.2) is 0 Å². The van der Waals surface area contributed by atoms with Gasteiger partial charge in [0, 0.05) is 6.42 Å². The minimum atomic E-state index is -1.13. The van der Waals surface area contributed by atoms with Gasteiger partial charge in [-0.05, 0) is 38.5 Å². The second-order valence-corrected chi connectivity index (χ2v) is 12.4. The van der Waals surface area contributed by atoms with Gasteiger partial charge in [-0.2, -0.15) is 0 Å². The van der Waals surface area contributed by atoms with Crippen LogP contribution >= 0.6 is 0 Å². The molecule has 0 spiro atoms. The molecule has 0 saturated carbocycles. The van der Waals surface area contributed by atoms with Crippen LogP contribution < -0.4 is 5.32 Å². The summed E-state index contributed by atoms with van der Waals surface area (Å²) in [7, 11) is 0. The Kier molecular flexibility index (Phi) is 31.3. The molecule has 0 rings (SSSR count). The number of rotatable bonds is 32. The summed E-state index contributed by atoms with van der Waals surface area (Å²) >= 11 is 0. The molecule has 0 radical (unpaired) electrons. The van der Waals surface area contributed by atoms with Crippen molar-refractivity contribution < 1.29 is 20.1 Å². The Morgan fingerprint density at radius 3 is 1.41 bits per heavy atom. The highest BCUT2D eigenvalue weighted by molar-refractivity contribution is 5.76. The summed E-state index contributed by atoms with van der Waals surface area (Å²) in [6, 6.07) is -0.807. The largest absolute Gasteiger partial charge is 0.394 e. The number of hydrogen-bond donors (Lipinski definition) is 4. The van der Waals surface area contributed by atoms with Crippen LogP contribution in [0.5, 0.6) is 0 Å². The molecule has 5 nitrogen and oxygen atoms in total. The monoisotopic (exact) mass is 582 g/mol. The number of nitrogens with one attached hydrogen (secondary N) is 1. The predicted octanol–water partition coefficient (Wildman–Crippen LogP) is 9.31. The van der Waals surface area contributed by atoms with Crippen LogP contribution in [0.3, 0.4) is 0 Å². The Morgan fingerprint density at radius 2 is 0.976 bits per heavy atom. The molecule has 0 aliphatic heterocycles. The molecule has 3 atom stereocenters. The third kappa shape index (κ3) is 27.7. The number of aliphatic hydroxyl groups is 3. The Balaban J connectivity index is 3.70. The summed E-state index contributed by atoms with van der Waals surface area (Å²) in [5.74, 6) is -0.154. The van der Waals surface area contributed by atoms with E-state index in [1.165, 1.54) is 116 Å². The molecule has 0 saturated heterocycles. The maximum absolute atomic E-state index is 12.3. The lowest BCUT2D eigenvalue weighted by molar-refractivity contribution is -0.124. The van der Waals surface area contributed by atoms with Gasteiger partial charge in [0.1, 0.15) is 6.10 Å². The van der Waals surface area contributed by atoms with Crippen LogP contribution in [0.15, 0.2) is 12.2 Å². The molecule has 0 bridgehead atoms. The summed E-state index contributed by atoms with van der Waals surface area (Å²) < 4.78 is 0. The van der Waals surface area contributed by atoms with Gasteiger partial charge in [0.2, 0.25) is 5.91 Å². The van der Waals surface area contributed by atoms with Crippen LogP contribution in [-0.2, 0) is 4.79 Å². The maximum atomic E-state index is 12.3. The smallest absolute Gasteiger partial charge is 0.220 e. The van der Waals surface area contributed by atoms with E-state index in [2.05, 4.69) is 31.3 Å². The third-order valence-electron chi connectivity index (χ3n) is 8.37. The lowest BCUT2D eigenvalue weighted by Crippen LogP contribution is -2.50. The molecule has 5 heteroatoms. The van der Waals surface area contributed by atoms with Gasteiger partial charge >= 0.3 is 0 Å². The molecule has 0 aromatic carbocycles. The standard InChI is InChI=1S/C36H71NO4/c1-3-5-7-9-11-13-15-16-17-18-19-21-23-25-27-29-31-35(40)37-33(32-38)36(41)34(39)30-28-26-24-22-20-14-12-10-8-6-4-2/h17-18,33-34,36,38-39,41H,3-16,19-32H2,1-2H3,(H,37,40)/b18-17-. The summed E-state index contributed by atoms with van der Waals surface area (Å²) in [4.78, 5) is 12.3. The van der Waals surface area contributed by atoms with Crippen LogP contribution in [0.1, 0.15) is 187 Å². The minimum Gasteiger partial charge on any atom is -0.394 e. The highest BCUT2D eigenvalue weighted by atomic mass is 16.3. The lowest BCUT2D eigenvalue weighted by Gasteiger charge is -2.26. The van der Waals surface area contributed by atoms with E-state index in [1.807, 2.05) is 0 Å². The normalized spacial score (nSPS) is 14.0. The van der Waals surface area contributed by atoms with Crippen molar-refractivity contribution in [3.63, 3.8) is 0 Å². The number of allylic oxidation sites excluding steroid dienone is 2. The zero-order chi connectivity index (χ0) is 30.2. The Hall–Kier alpha value is -0.910. The first-order valence-corrected chi connectivity index (χ1v) is 18.0. The van der Waals surface area contributed by atoms with E-state index in [1.54, 1.807) is 0 Å². The van der Waals surface area contributed by atoms with Crippen molar-refractivity contribution in [2.75, 3.05) is 6.61 Å². The van der Waals surface area contributed by atoms with E-state index >= 15 is 0 Å². The first-order valence-electron chi connectivity index (χ1n) is 18.0. The van der Waals surface area contributed by atoms with Gasteiger partial charge in [0.25, 0.3) is 0 Å². The van der Waals surface area contributed by atoms with E-state index in [9.17, 15) is 20.1 Å². The molecule has 0 heterocycles. The number of carbonyl (C=O) groups is 1. The zero-order valence-electron chi connectivity index (χ0n) is 27.4. The highest BCUT2D eigenvalue weighted by Gasteiger charge is 2.26. The fourth-order valence-electron chi connectivity index (χ4n) is 5.51. The zero-order valence-corrected chi connectivity index (χ0v) is 27.4. The number of carbonyl (C=O) groups excluding carboxylic acids is 1. The first kappa shape index (κ1) is 40.1. The maximum Gasteiger partial charge on any atom is 0.220 e. The predicted molar refractivity (Wildman–Crippen MR) is 176 cm³/mol. The topological polar surface area (TPSA) is 89.8 Å². The van der Waals surface area contributed by atoms with Gasteiger partial charge < -0.3 is 20.6 Å².